The summed E-state index contributed by atoms with van der Waals surface area (Å²) in [6.45, 7) is 0. The molecule has 0 radical (unpaired) electrons. The van der Waals surface area contributed by atoms with Crippen LogP contribution in [0, 0.1) is 0 Å². The first-order valence-corrected chi connectivity index (χ1v) is 8.37. The van der Waals surface area contributed by atoms with E-state index in [1.54, 1.807) is 0 Å². The Morgan fingerprint density at radius 1 is 1.04 bits per heavy atom. The van der Waals surface area contributed by atoms with Crippen LogP contribution in [0.5, 0.6) is 0 Å². The molecule has 1 aliphatic heterocycles. The van der Waals surface area contributed by atoms with Gasteiger partial charge in [0.25, 0.3) is 0 Å². The Labute approximate surface area is 142 Å². The van der Waals surface area contributed by atoms with Crippen LogP contribution in [0.25, 0.3) is 0 Å². The Hall–Kier alpha value is -2.62. The number of hydrogen-bond acceptors (Lipinski definition) is 4. The minimum atomic E-state index is -1.02. The highest BCUT2D eigenvalue weighted by Gasteiger charge is 2.27. The zero-order valence-corrected chi connectivity index (χ0v) is 13.6. The Balaban J connectivity index is 1.70. The van der Waals surface area contributed by atoms with Crippen molar-refractivity contribution in [1.82, 2.24) is 0 Å². The molecule has 0 aliphatic carbocycles. The van der Waals surface area contributed by atoms with Gasteiger partial charge in [-0.1, -0.05) is 48.5 Å². The van der Waals surface area contributed by atoms with Crippen molar-refractivity contribution in [2.75, 3.05) is 5.01 Å². The van der Waals surface area contributed by atoms with Gasteiger partial charge in [-0.25, -0.2) is 0 Å². The number of aryl methyl sites for hydroxylation is 1. The quantitative estimate of drug-likeness (QED) is 0.788. The zero-order valence-electron chi connectivity index (χ0n) is 13.6. The standard InChI is InChI=1S/C20H22N2O2/c23-20(24)14-12-17-15-19(13-11-16-7-3-1-4-8-16)22(21-17)18-9-5-2-6-10-18/h1-10,19H,11-15H2,(H,23,24)/p-1/t19-/m1/s1. The molecule has 0 spiro atoms. The number of benzene rings is 2. The average molecular weight is 321 g/mol. The summed E-state index contributed by atoms with van der Waals surface area (Å²) in [6.07, 6.45) is 3.28. The molecule has 0 saturated carbocycles. The third-order valence-corrected chi connectivity index (χ3v) is 4.31. The molecule has 0 fully saturated rings. The number of carbonyl (C=O) groups is 1. The number of carbonyl (C=O) groups excluding carboxylic acids is 1. The summed E-state index contributed by atoms with van der Waals surface area (Å²) in [4.78, 5) is 10.7. The Morgan fingerprint density at radius 2 is 1.71 bits per heavy atom. The fourth-order valence-electron chi connectivity index (χ4n) is 3.08. The van der Waals surface area contributed by atoms with E-state index >= 15 is 0 Å². The lowest BCUT2D eigenvalue weighted by Gasteiger charge is -2.23. The first-order chi connectivity index (χ1) is 11.7. The van der Waals surface area contributed by atoms with Gasteiger partial charge >= 0.3 is 0 Å². The number of para-hydroxylation sites is 1. The van der Waals surface area contributed by atoms with E-state index in [2.05, 4.69) is 29.4 Å². The molecule has 3 rings (SSSR count). The maximum atomic E-state index is 10.7. The molecule has 2 aromatic carbocycles. The number of hydrazone groups is 1. The largest absolute Gasteiger partial charge is 0.550 e. The average Bonchev–Trinajstić information content (AvgIpc) is 3.03. The number of carboxylic acids is 1. The summed E-state index contributed by atoms with van der Waals surface area (Å²) in [5, 5.41) is 17.5. The molecule has 1 atom stereocenters. The van der Waals surface area contributed by atoms with Crippen LogP contribution >= 0.6 is 0 Å². The van der Waals surface area contributed by atoms with E-state index in [0.717, 1.165) is 30.7 Å². The number of carboxylic acid groups (broad SMARTS) is 1. The van der Waals surface area contributed by atoms with E-state index in [1.807, 2.05) is 41.4 Å². The van der Waals surface area contributed by atoms with E-state index in [9.17, 15) is 9.90 Å². The smallest absolute Gasteiger partial charge is 0.0597 e. The van der Waals surface area contributed by atoms with Crippen molar-refractivity contribution in [3.05, 3.63) is 66.2 Å². The summed E-state index contributed by atoms with van der Waals surface area (Å²) < 4.78 is 0. The van der Waals surface area contributed by atoms with Gasteiger partial charge in [0.05, 0.1) is 11.7 Å². The third-order valence-electron chi connectivity index (χ3n) is 4.31. The molecule has 24 heavy (non-hydrogen) atoms. The van der Waals surface area contributed by atoms with Gasteiger partial charge in [-0.3, -0.25) is 5.01 Å². The SMILES string of the molecule is O=C([O-])CCC1=NN(c2ccccc2)[C@H](CCc2ccccc2)C1. The van der Waals surface area contributed by atoms with Gasteiger partial charge in [0.2, 0.25) is 0 Å². The molecule has 1 aliphatic rings. The Bertz CT molecular complexity index is 698. The fourth-order valence-corrected chi connectivity index (χ4v) is 3.08. The van der Waals surface area contributed by atoms with Gasteiger partial charge in [-0.05, 0) is 43.4 Å². The second-order valence-electron chi connectivity index (χ2n) is 6.10. The normalized spacial score (nSPS) is 16.9. The van der Waals surface area contributed by atoms with Gasteiger partial charge in [0.15, 0.2) is 0 Å². The van der Waals surface area contributed by atoms with Crippen LogP contribution in [0.3, 0.4) is 0 Å². The van der Waals surface area contributed by atoms with Crippen molar-refractivity contribution >= 4 is 17.4 Å². The lowest BCUT2D eigenvalue weighted by atomic mass is 10.00. The van der Waals surface area contributed by atoms with Crippen molar-refractivity contribution in [3.63, 3.8) is 0 Å². The predicted octanol–water partition coefficient (Wildman–Crippen LogP) is 2.78. The number of rotatable bonds is 7. The first kappa shape index (κ1) is 16.2. The molecule has 2 aromatic rings. The van der Waals surface area contributed by atoms with Crippen molar-refractivity contribution in [1.29, 1.82) is 0 Å². The van der Waals surface area contributed by atoms with Crippen LogP contribution in [-0.4, -0.2) is 17.7 Å². The molecule has 1 heterocycles. The van der Waals surface area contributed by atoms with Crippen molar-refractivity contribution in [2.24, 2.45) is 5.10 Å². The van der Waals surface area contributed by atoms with Crippen LogP contribution in [0.15, 0.2) is 65.8 Å². The highest BCUT2D eigenvalue weighted by Crippen LogP contribution is 2.28. The highest BCUT2D eigenvalue weighted by atomic mass is 16.4. The molecule has 0 aromatic heterocycles. The van der Waals surface area contributed by atoms with Gasteiger partial charge in [-0.2, -0.15) is 5.10 Å². The molecule has 0 saturated heterocycles. The first-order valence-electron chi connectivity index (χ1n) is 8.37. The minimum Gasteiger partial charge on any atom is -0.550 e. The van der Waals surface area contributed by atoms with Crippen molar-refractivity contribution in [2.45, 2.75) is 38.1 Å². The molecule has 4 nitrogen and oxygen atoms in total. The van der Waals surface area contributed by atoms with Gasteiger partial charge in [-0.15, -0.1) is 0 Å². The summed E-state index contributed by atoms with van der Waals surface area (Å²) in [7, 11) is 0. The summed E-state index contributed by atoms with van der Waals surface area (Å²) in [5.41, 5.74) is 3.31. The maximum Gasteiger partial charge on any atom is 0.0597 e. The molecular formula is C20H21N2O2-. The molecule has 0 amide bonds. The summed E-state index contributed by atoms with van der Waals surface area (Å²) >= 11 is 0. The lowest BCUT2D eigenvalue weighted by Crippen LogP contribution is -2.27. The van der Waals surface area contributed by atoms with E-state index < -0.39 is 5.97 Å². The molecule has 4 heteroatoms. The maximum absolute atomic E-state index is 10.7. The van der Waals surface area contributed by atoms with E-state index in [4.69, 9.17) is 0 Å². The molecule has 0 bridgehead atoms. The van der Waals surface area contributed by atoms with Crippen LogP contribution in [0.2, 0.25) is 0 Å². The van der Waals surface area contributed by atoms with E-state index in [1.165, 1.54) is 5.56 Å². The van der Waals surface area contributed by atoms with E-state index in [-0.39, 0.29) is 12.5 Å². The number of nitrogens with zero attached hydrogens (tertiary/aromatic N) is 2. The van der Waals surface area contributed by atoms with Gasteiger partial charge in [0.1, 0.15) is 0 Å². The highest BCUT2D eigenvalue weighted by molar-refractivity contribution is 5.90. The number of aliphatic carboxylic acids is 1. The van der Waals surface area contributed by atoms with Gasteiger partial charge in [0, 0.05) is 18.1 Å². The van der Waals surface area contributed by atoms with Crippen molar-refractivity contribution in [3.8, 4) is 0 Å². The number of hydrogen-bond donors (Lipinski definition) is 0. The molecular weight excluding hydrogens is 300 g/mol. The second kappa shape index (κ2) is 7.77. The zero-order chi connectivity index (χ0) is 16.8. The van der Waals surface area contributed by atoms with E-state index in [0.29, 0.717) is 6.42 Å². The van der Waals surface area contributed by atoms with Crippen LogP contribution in [0.4, 0.5) is 5.69 Å². The Morgan fingerprint density at radius 3 is 2.38 bits per heavy atom. The second-order valence-corrected chi connectivity index (χ2v) is 6.10. The van der Waals surface area contributed by atoms with Crippen LogP contribution in [-0.2, 0) is 11.2 Å². The molecule has 124 valence electrons. The third kappa shape index (κ3) is 4.22. The van der Waals surface area contributed by atoms with Crippen LogP contribution in [0.1, 0.15) is 31.2 Å². The Kier molecular flexibility index (Phi) is 5.26. The molecule has 0 N–H and O–H groups in total. The van der Waals surface area contributed by atoms with Gasteiger partial charge < -0.3 is 9.90 Å². The summed E-state index contributed by atoms with van der Waals surface area (Å²) in [5.74, 6) is -1.02. The predicted molar refractivity (Wildman–Crippen MR) is 93.8 cm³/mol. The summed E-state index contributed by atoms with van der Waals surface area (Å²) in [6, 6.07) is 20.7. The monoisotopic (exact) mass is 321 g/mol. The lowest BCUT2D eigenvalue weighted by molar-refractivity contribution is -0.305. The van der Waals surface area contributed by atoms with Crippen molar-refractivity contribution < 1.29 is 9.90 Å². The minimum absolute atomic E-state index is 0.0346. The van der Waals surface area contributed by atoms with Crippen LogP contribution < -0.4 is 10.1 Å². The topological polar surface area (TPSA) is 55.7 Å². The molecule has 0 unspecified atom stereocenters. The fraction of sp³-hybridized carbons (Fsp3) is 0.300. The number of anilines is 1.